The minimum Gasteiger partial charge on any atom is -0.370 e. The predicted molar refractivity (Wildman–Crippen MR) is 72.0 cm³/mol. The van der Waals surface area contributed by atoms with Gasteiger partial charge in [0.2, 0.25) is 0 Å². The summed E-state index contributed by atoms with van der Waals surface area (Å²) in [4.78, 5) is 14.1. The molecule has 6 nitrogen and oxygen atoms in total. The minimum absolute atomic E-state index is 0.0782. The molecule has 104 valence electrons. The molecular weight excluding hydrogens is 256 g/mol. The summed E-state index contributed by atoms with van der Waals surface area (Å²) in [6.07, 6.45) is 1.56. The molecule has 1 atom stereocenters. The first-order chi connectivity index (χ1) is 9.74. The number of carbonyl (C=O) groups excluding carboxylic acids is 1. The Morgan fingerprint density at radius 1 is 1.35 bits per heavy atom. The van der Waals surface area contributed by atoms with Crippen LogP contribution in [0.4, 0.5) is 0 Å². The quantitative estimate of drug-likeness (QED) is 0.819. The van der Waals surface area contributed by atoms with Gasteiger partial charge in [-0.25, -0.2) is 0 Å². The number of carbonyl (C=O) groups is 1. The molecule has 1 aromatic heterocycles. The first kappa shape index (κ1) is 12.8. The number of benzene rings is 1. The predicted octanol–water partition coefficient (Wildman–Crippen LogP) is 1.03. The summed E-state index contributed by atoms with van der Waals surface area (Å²) in [6, 6.07) is 9.95. The molecule has 0 spiro atoms. The van der Waals surface area contributed by atoms with Gasteiger partial charge in [-0.2, -0.15) is 0 Å². The van der Waals surface area contributed by atoms with Crippen LogP contribution in [-0.2, 0) is 11.8 Å². The van der Waals surface area contributed by atoms with Crippen LogP contribution in [0.2, 0.25) is 0 Å². The third-order valence-corrected chi connectivity index (χ3v) is 3.35. The van der Waals surface area contributed by atoms with Crippen molar-refractivity contribution in [1.29, 1.82) is 0 Å². The summed E-state index contributed by atoms with van der Waals surface area (Å²) < 4.78 is 7.28. The van der Waals surface area contributed by atoms with E-state index in [1.54, 1.807) is 18.1 Å². The number of aromatic nitrogens is 3. The number of morpholine rings is 1. The highest BCUT2D eigenvalue weighted by Crippen LogP contribution is 2.22. The first-order valence-electron chi connectivity index (χ1n) is 6.56. The number of ether oxygens (including phenoxy) is 1. The molecule has 1 amide bonds. The molecule has 0 radical (unpaired) electrons. The molecule has 1 aliphatic rings. The molecule has 2 heterocycles. The van der Waals surface area contributed by atoms with E-state index in [4.69, 9.17) is 4.74 Å². The van der Waals surface area contributed by atoms with Crippen molar-refractivity contribution in [2.75, 3.05) is 19.7 Å². The van der Waals surface area contributed by atoms with Crippen molar-refractivity contribution in [2.45, 2.75) is 6.10 Å². The maximum absolute atomic E-state index is 12.3. The second-order valence-corrected chi connectivity index (χ2v) is 4.80. The fourth-order valence-electron chi connectivity index (χ4n) is 2.31. The van der Waals surface area contributed by atoms with Crippen LogP contribution in [0.15, 0.2) is 36.5 Å². The number of aryl methyl sites for hydroxylation is 1. The molecule has 0 aliphatic carbocycles. The molecule has 0 N–H and O–H groups in total. The largest absolute Gasteiger partial charge is 0.370 e. The van der Waals surface area contributed by atoms with Gasteiger partial charge in [0, 0.05) is 13.6 Å². The van der Waals surface area contributed by atoms with Crippen LogP contribution in [-0.4, -0.2) is 45.5 Å². The molecule has 1 saturated heterocycles. The van der Waals surface area contributed by atoms with Crippen LogP contribution >= 0.6 is 0 Å². The van der Waals surface area contributed by atoms with Crippen molar-refractivity contribution in [2.24, 2.45) is 7.05 Å². The molecule has 1 fully saturated rings. The lowest BCUT2D eigenvalue weighted by Gasteiger charge is -2.32. The van der Waals surface area contributed by atoms with E-state index in [1.165, 1.54) is 4.68 Å². The first-order valence-corrected chi connectivity index (χ1v) is 6.56. The van der Waals surface area contributed by atoms with Gasteiger partial charge < -0.3 is 9.64 Å². The van der Waals surface area contributed by atoms with Gasteiger partial charge in [-0.05, 0) is 5.56 Å². The van der Waals surface area contributed by atoms with E-state index < -0.39 is 0 Å². The Hall–Kier alpha value is -2.21. The SMILES string of the molecule is Cn1cc(C(=O)N2CCO[C@@H](c3ccccc3)C2)nn1. The van der Waals surface area contributed by atoms with Crippen LogP contribution in [0.1, 0.15) is 22.2 Å². The molecule has 0 saturated carbocycles. The van der Waals surface area contributed by atoms with E-state index in [0.717, 1.165) is 5.56 Å². The lowest BCUT2D eigenvalue weighted by molar-refractivity contribution is -0.0230. The lowest BCUT2D eigenvalue weighted by atomic mass is 10.1. The van der Waals surface area contributed by atoms with Crippen LogP contribution in [0.5, 0.6) is 0 Å². The maximum Gasteiger partial charge on any atom is 0.276 e. The standard InChI is InChI=1S/C14H16N4O2/c1-17-9-12(15-16-17)14(19)18-7-8-20-13(10-18)11-5-3-2-4-6-11/h2-6,9,13H,7-8,10H2,1H3/t13-/m1/s1. The van der Waals surface area contributed by atoms with Crippen molar-refractivity contribution in [3.05, 3.63) is 47.8 Å². The van der Waals surface area contributed by atoms with Crippen LogP contribution in [0.25, 0.3) is 0 Å². The normalized spacial score (nSPS) is 19.1. The van der Waals surface area contributed by atoms with Gasteiger partial charge in [-0.1, -0.05) is 35.5 Å². The third kappa shape index (κ3) is 2.55. The summed E-state index contributed by atoms with van der Waals surface area (Å²) in [5.74, 6) is -0.0951. The summed E-state index contributed by atoms with van der Waals surface area (Å²) >= 11 is 0. The van der Waals surface area contributed by atoms with E-state index in [2.05, 4.69) is 10.3 Å². The van der Waals surface area contributed by atoms with Gasteiger partial charge in [0.1, 0.15) is 6.10 Å². The van der Waals surface area contributed by atoms with Gasteiger partial charge in [0.25, 0.3) is 5.91 Å². The number of nitrogens with zero attached hydrogens (tertiary/aromatic N) is 4. The Morgan fingerprint density at radius 2 is 2.15 bits per heavy atom. The Balaban J connectivity index is 1.74. The molecule has 2 aromatic rings. The fraction of sp³-hybridized carbons (Fsp3) is 0.357. The van der Waals surface area contributed by atoms with Gasteiger partial charge in [0.05, 0.1) is 19.3 Å². The minimum atomic E-state index is -0.0951. The highest BCUT2D eigenvalue weighted by Gasteiger charge is 2.27. The molecule has 1 aromatic carbocycles. The van der Waals surface area contributed by atoms with Crippen molar-refractivity contribution in [3.63, 3.8) is 0 Å². The average Bonchev–Trinajstić information content (AvgIpc) is 2.94. The Labute approximate surface area is 117 Å². The molecule has 1 aliphatic heterocycles. The monoisotopic (exact) mass is 272 g/mol. The molecule has 0 unspecified atom stereocenters. The second kappa shape index (κ2) is 5.42. The smallest absolute Gasteiger partial charge is 0.276 e. The van der Waals surface area contributed by atoms with Gasteiger partial charge in [-0.3, -0.25) is 9.48 Å². The van der Waals surface area contributed by atoms with E-state index >= 15 is 0 Å². The van der Waals surface area contributed by atoms with Crippen molar-refractivity contribution < 1.29 is 9.53 Å². The zero-order valence-electron chi connectivity index (χ0n) is 11.3. The highest BCUT2D eigenvalue weighted by molar-refractivity contribution is 5.92. The number of hydrogen-bond donors (Lipinski definition) is 0. The Morgan fingerprint density at radius 3 is 2.85 bits per heavy atom. The van der Waals surface area contributed by atoms with E-state index in [0.29, 0.717) is 25.4 Å². The van der Waals surface area contributed by atoms with Gasteiger partial charge in [-0.15, -0.1) is 5.10 Å². The highest BCUT2D eigenvalue weighted by atomic mass is 16.5. The molecular formula is C14H16N4O2. The zero-order valence-corrected chi connectivity index (χ0v) is 11.3. The van der Waals surface area contributed by atoms with Crippen LogP contribution < -0.4 is 0 Å². The van der Waals surface area contributed by atoms with Crippen molar-refractivity contribution in [1.82, 2.24) is 19.9 Å². The second-order valence-electron chi connectivity index (χ2n) is 4.80. The Bertz CT molecular complexity index is 596. The summed E-state index contributed by atoms with van der Waals surface area (Å²) in [5, 5.41) is 7.67. The van der Waals surface area contributed by atoms with Gasteiger partial charge >= 0.3 is 0 Å². The topological polar surface area (TPSA) is 60.2 Å². The number of amides is 1. The van der Waals surface area contributed by atoms with Crippen LogP contribution in [0, 0.1) is 0 Å². The zero-order chi connectivity index (χ0) is 13.9. The average molecular weight is 272 g/mol. The maximum atomic E-state index is 12.3. The van der Waals surface area contributed by atoms with Crippen LogP contribution in [0.3, 0.4) is 0 Å². The molecule has 20 heavy (non-hydrogen) atoms. The summed E-state index contributed by atoms with van der Waals surface area (Å²) in [7, 11) is 1.75. The van der Waals surface area contributed by atoms with E-state index in [-0.39, 0.29) is 12.0 Å². The van der Waals surface area contributed by atoms with E-state index in [9.17, 15) is 4.79 Å². The summed E-state index contributed by atoms with van der Waals surface area (Å²) in [6.45, 7) is 1.66. The number of rotatable bonds is 2. The van der Waals surface area contributed by atoms with Crippen molar-refractivity contribution >= 4 is 5.91 Å². The summed E-state index contributed by atoms with van der Waals surface area (Å²) in [5.41, 5.74) is 1.46. The third-order valence-electron chi connectivity index (χ3n) is 3.35. The molecule has 0 bridgehead atoms. The molecule has 6 heteroatoms. The fourth-order valence-corrected chi connectivity index (χ4v) is 2.31. The lowest BCUT2D eigenvalue weighted by Crippen LogP contribution is -2.42. The number of hydrogen-bond acceptors (Lipinski definition) is 4. The Kier molecular flexibility index (Phi) is 3.47. The van der Waals surface area contributed by atoms with Gasteiger partial charge in [0.15, 0.2) is 5.69 Å². The van der Waals surface area contributed by atoms with Crippen molar-refractivity contribution in [3.8, 4) is 0 Å². The molecule has 3 rings (SSSR count). The van der Waals surface area contributed by atoms with E-state index in [1.807, 2.05) is 30.3 Å².